The van der Waals surface area contributed by atoms with Gasteiger partial charge < -0.3 is 14.8 Å². The molecule has 0 unspecified atom stereocenters. The van der Waals surface area contributed by atoms with E-state index < -0.39 is 18.8 Å². The molecule has 0 spiro atoms. The Morgan fingerprint density at radius 2 is 2.15 bits per heavy atom. The Bertz CT molecular complexity index is 431. The van der Waals surface area contributed by atoms with Gasteiger partial charge in [-0.15, -0.1) is 0 Å². The van der Waals surface area contributed by atoms with Gasteiger partial charge in [0.2, 0.25) is 0 Å². The van der Waals surface area contributed by atoms with Crippen molar-refractivity contribution >= 4 is 6.03 Å². The number of imidazole rings is 1. The molecule has 1 heterocycles. The minimum atomic E-state index is -4.38. The van der Waals surface area contributed by atoms with E-state index in [4.69, 9.17) is 0 Å². The summed E-state index contributed by atoms with van der Waals surface area (Å²) in [5.74, 6) is 0.877. The Labute approximate surface area is 115 Å². The van der Waals surface area contributed by atoms with Gasteiger partial charge in [-0.25, -0.2) is 9.78 Å². The topological polar surface area (TPSA) is 50.2 Å². The van der Waals surface area contributed by atoms with Crippen molar-refractivity contribution in [1.29, 1.82) is 0 Å². The highest BCUT2D eigenvalue weighted by atomic mass is 19.4. The molecule has 114 valence electrons. The zero-order valence-electron chi connectivity index (χ0n) is 11.6. The fourth-order valence-electron chi connectivity index (χ4n) is 1.80. The number of carbonyl (C=O) groups is 1. The number of hydrogen-bond acceptors (Lipinski definition) is 2. The number of carbonyl (C=O) groups excluding carboxylic acids is 1. The van der Waals surface area contributed by atoms with Crippen molar-refractivity contribution in [2.24, 2.45) is 0 Å². The summed E-state index contributed by atoms with van der Waals surface area (Å²) in [6, 6.07) is -0.706. The van der Waals surface area contributed by atoms with E-state index in [0.29, 0.717) is 6.54 Å². The number of amides is 2. The summed E-state index contributed by atoms with van der Waals surface area (Å²) < 4.78 is 38.7. The molecule has 0 radical (unpaired) electrons. The molecule has 0 aliphatic rings. The van der Waals surface area contributed by atoms with Crippen LogP contribution >= 0.6 is 0 Å². The summed E-state index contributed by atoms with van der Waals surface area (Å²) in [5.41, 5.74) is 0. The van der Waals surface area contributed by atoms with Crippen molar-refractivity contribution in [3.05, 3.63) is 18.2 Å². The standard InChI is InChI=1S/C12H19F3N4O/c1-3-10-16-5-7-19(10)8-6-17-11(20)18(4-2)9-12(13,14)15/h5,7H,3-4,6,8-9H2,1-2H3,(H,17,20). The molecule has 1 aromatic rings. The number of rotatable bonds is 6. The van der Waals surface area contributed by atoms with E-state index in [9.17, 15) is 18.0 Å². The maximum absolute atomic E-state index is 12.3. The first kappa shape index (κ1) is 16.3. The molecule has 5 nitrogen and oxygen atoms in total. The Kier molecular flexibility index (Phi) is 5.84. The third-order valence-corrected chi connectivity index (χ3v) is 2.79. The van der Waals surface area contributed by atoms with Crippen LogP contribution in [0.5, 0.6) is 0 Å². The molecule has 1 rings (SSSR count). The third-order valence-electron chi connectivity index (χ3n) is 2.79. The molecule has 0 aliphatic carbocycles. The number of nitrogens with zero attached hydrogens (tertiary/aromatic N) is 3. The highest BCUT2D eigenvalue weighted by Crippen LogP contribution is 2.16. The Morgan fingerprint density at radius 3 is 2.70 bits per heavy atom. The molecule has 0 saturated heterocycles. The number of halogens is 3. The number of aromatic nitrogens is 2. The molecule has 8 heteroatoms. The van der Waals surface area contributed by atoms with Gasteiger partial charge in [0.1, 0.15) is 12.4 Å². The van der Waals surface area contributed by atoms with E-state index in [1.165, 1.54) is 6.92 Å². The molecule has 1 N–H and O–H groups in total. The summed E-state index contributed by atoms with van der Waals surface area (Å²) in [6.07, 6.45) is -0.190. The van der Waals surface area contributed by atoms with Crippen molar-refractivity contribution in [1.82, 2.24) is 19.8 Å². The summed E-state index contributed by atoms with van der Waals surface area (Å²) in [5, 5.41) is 2.48. The van der Waals surface area contributed by atoms with Crippen LogP contribution in [0.1, 0.15) is 19.7 Å². The van der Waals surface area contributed by atoms with Gasteiger partial charge in [0, 0.05) is 38.4 Å². The quantitative estimate of drug-likeness (QED) is 0.872. The summed E-state index contributed by atoms with van der Waals surface area (Å²) >= 11 is 0. The van der Waals surface area contributed by atoms with Crippen molar-refractivity contribution < 1.29 is 18.0 Å². The lowest BCUT2D eigenvalue weighted by Gasteiger charge is -2.22. The zero-order chi connectivity index (χ0) is 15.2. The second-order valence-corrected chi connectivity index (χ2v) is 4.25. The summed E-state index contributed by atoms with van der Waals surface area (Å²) in [4.78, 5) is 16.5. The first-order chi connectivity index (χ1) is 9.37. The van der Waals surface area contributed by atoms with Gasteiger partial charge >= 0.3 is 12.2 Å². The van der Waals surface area contributed by atoms with Gasteiger partial charge in [-0.1, -0.05) is 6.92 Å². The minimum Gasteiger partial charge on any atom is -0.336 e. The second kappa shape index (κ2) is 7.16. The van der Waals surface area contributed by atoms with Crippen LogP contribution in [0.4, 0.5) is 18.0 Å². The van der Waals surface area contributed by atoms with Crippen LogP contribution in [0.2, 0.25) is 0 Å². The summed E-state index contributed by atoms with van der Waals surface area (Å²) in [7, 11) is 0. The van der Waals surface area contributed by atoms with Gasteiger partial charge in [0.05, 0.1) is 0 Å². The molecule has 20 heavy (non-hydrogen) atoms. The lowest BCUT2D eigenvalue weighted by molar-refractivity contribution is -0.139. The molecular formula is C12H19F3N4O. The highest BCUT2D eigenvalue weighted by molar-refractivity contribution is 5.74. The number of alkyl halides is 3. The number of nitrogens with one attached hydrogen (secondary N) is 1. The van der Waals surface area contributed by atoms with Crippen LogP contribution in [0.15, 0.2) is 12.4 Å². The third kappa shape index (κ3) is 5.10. The lowest BCUT2D eigenvalue weighted by Crippen LogP contribution is -2.45. The number of urea groups is 1. The fraction of sp³-hybridized carbons (Fsp3) is 0.667. The van der Waals surface area contributed by atoms with Crippen LogP contribution in [0, 0.1) is 0 Å². The molecule has 1 aromatic heterocycles. The van der Waals surface area contributed by atoms with Crippen molar-refractivity contribution in [2.45, 2.75) is 33.0 Å². The SMILES string of the molecule is CCc1nccn1CCNC(=O)N(CC)CC(F)(F)F. The second-order valence-electron chi connectivity index (χ2n) is 4.25. The molecule has 0 saturated carbocycles. The number of hydrogen-bond donors (Lipinski definition) is 1. The highest BCUT2D eigenvalue weighted by Gasteiger charge is 2.32. The fourth-order valence-corrected chi connectivity index (χ4v) is 1.80. The van der Waals surface area contributed by atoms with E-state index in [2.05, 4.69) is 10.3 Å². The van der Waals surface area contributed by atoms with Gasteiger partial charge in [-0.2, -0.15) is 13.2 Å². The van der Waals surface area contributed by atoms with Crippen molar-refractivity contribution in [2.75, 3.05) is 19.6 Å². The van der Waals surface area contributed by atoms with Gasteiger partial charge in [-0.3, -0.25) is 0 Å². The molecule has 0 aromatic carbocycles. The van der Waals surface area contributed by atoms with Crippen molar-refractivity contribution in [3.8, 4) is 0 Å². The average Bonchev–Trinajstić information content (AvgIpc) is 2.82. The predicted octanol–water partition coefficient (Wildman–Crippen LogP) is 2.04. The largest absolute Gasteiger partial charge is 0.406 e. The van der Waals surface area contributed by atoms with Crippen LogP contribution < -0.4 is 5.32 Å². The normalized spacial score (nSPS) is 11.4. The van der Waals surface area contributed by atoms with Crippen molar-refractivity contribution in [3.63, 3.8) is 0 Å². The first-order valence-corrected chi connectivity index (χ1v) is 6.47. The smallest absolute Gasteiger partial charge is 0.336 e. The summed E-state index contributed by atoms with van der Waals surface area (Å²) in [6.45, 7) is 2.99. The molecule has 0 bridgehead atoms. The minimum absolute atomic E-state index is 0.0105. The van der Waals surface area contributed by atoms with Gasteiger partial charge in [0.25, 0.3) is 0 Å². The average molecular weight is 292 g/mol. The van der Waals surface area contributed by atoms with Gasteiger partial charge in [0.15, 0.2) is 0 Å². The Balaban J connectivity index is 2.42. The maximum Gasteiger partial charge on any atom is 0.406 e. The Morgan fingerprint density at radius 1 is 1.45 bits per heavy atom. The van der Waals surface area contributed by atoms with Crippen LogP contribution in [-0.4, -0.2) is 46.3 Å². The van der Waals surface area contributed by atoms with E-state index in [0.717, 1.165) is 17.1 Å². The predicted molar refractivity (Wildman–Crippen MR) is 68.3 cm³/mol. The van der Waals surface area contributed by atoms with E-state index >= 15 is 0 Å². The van der Waals surface area contributed by atoms with Crippen LogP contribution in [-0.2, 0) is 13.0 Å². The molecule has 0 fully saturated rings. The van der Waals surface area contributed by atoms with E-state index in [1.54, 1.807) is 12.4 Å². The number of aryl methyl sites for hydroxylation is 1. The first-order valence-electron chi connectivity index (χ1n) is 6.47. The van der Waals surface area contributed by atoms with Crippen LogP contribution in [0.25, 0.3) is 0 Å². The molecule has 2 amide bonds. The van der Waals surface area contributed by atoms with E-state index in [1.807, 2.05) is 11.5 Å². The Hall–Kier alpha value is -1.73. The lowest BCUT2D eigenvalue weighted by atomic mass is 10.4. The molecule has 0 aliphatic heterocycles. The molecular weight excluding hydrogens is 273 g/mol. The zero-order valence-corrected chi connectivity index (χ0v) is 11.6. The van der Waals surface area contributed by atoms with E-state index in [-0.39, 0.29) is 13.1 Å². The van der Waals surface area contributed by atoms with Gasteiger partial charge in [-0.05, 0) is 6.92 Å². The van der Waals surface area contributed by atoms with Crippen LogP contribution in [0.3, 0.4) is 0 Å². The molecule has 0 atom stereocenters. The monoisotopic (exact) mass is 292 g/mol. The maximum atomic E-state index is 12.3.